The summed E-state index contributed by atoms with van der Waals surface area (Å²) in [4.78, 5) is 0. The molecule has 19 heavy (non-hydrogen) atoms. The number of benzene rings is 1. The minimum absolute atomic E-state index is 0.137. The van der Waals surface area contributed by atoms with E-state index in [1.807, 2.05) is 19.1 Å². The molecule has 1 unspecified atom stereocenters. The molecule has 0 amide bonds. The van der Waals surface area contributed by atoms with Crippen molar-refractivity contribution >= 4 is 0 Å². The molecule has 2 heteroatoms. The van der Waals surface area contributed by atoms with Gasteiger partial charge in [0.25, 0.3) is 0 Å². The highest BCUT2D eigenvalue weighted by Gasteiger charge is 2.27. The number of rotatable bonds is 4. The van der Waals surface area contributed by atoms with Gasteiger partial charge in [-0.05, 0) is 37.7 Å². The molecule has 0 bridgehead atoms. The maximum Gasteiger partial charge on any atom is 0.127 e. The summed E-state index contributed by atoms with van der Waals surface area (Å²) in [5.74, 6) is 1.17. The molecule has 1 saturated carbocycles. The molecular weight excluding hydrogens is 237 g/mol. The zero-order valence-corrected chi connectivity index (χ0v) is 12.2. The predicted octanol–water partition coefficient (Wildman–Crippen LogP) is 4.74. The lowest BCUT2D eigenvalue weighted by Crippen LogP contribution is -2.27. The SMILES string of the molecule is CCCC1CCC(C(N)c2cc(C)ccc2F)CC1. The van der Waals surface area contributed by atoms with Gasteiger partial charge in [-0.2, -0.15) is 0 Å². The Hall–Kier alpha value is -0.890. The summed E-state index contributed by atoms with van der Waals surface area (Å²) >= 11 is 0. The van der Waals surface area contributed by atoms with Gasteiger partial charge in [0.1, 0.15) is 5.82 Å². The van der Waals surface area contributed by atoms with E-state index in [-0.39, 0.29) is 11.9 Å². The summed E-state index contributed by atoms with van der Waals surface area (Å²) in [5, 5.41) is 0. The summed E-state index contributed by atoms with van der Waals surface area (Å²) in [6.45, 7) is 4.24. The van der Waals surface area contributed by atoms with Crippen LogP contribution < -0.4 is 5.73 Å². The number of nitrogens with two attached hydrogens (primary N) is 1. The Bertz CT molecular complexity index is 408. The zero-order valence-electron chi connectivity index (χ0n) is 12.2. The van der Waals surface area contributed by atoms with Crippen LogP contribution in [0.2, 0.25) is 0 Å². The smallest absolute Gasteiger partial charge is 0.127 e. The Morgan fingerprint density at radius 3 is 2.58 bits per heavy atom. The average Bonchev–Trinajstić information content (AvgIpc) is 2.42. The van der Waals surface area contributed by atoms with Gasteiger partial charge >= 0.3 is 0 Å². The average molecular weight is 263 g/mol. The fourth-order valence-electron chi connectivity index (χ4n) is 3.42. The van der Waals surface area contributed by atoms with Gasteiger partial charge in [-0.25, -0.2) is 4.39 Å². The Labute approximate surface area is 116 Å². The maximum atomic E-state index is 13.9. The van der Waals surface area contributed by atoms with Gasteiger partial charge in [0.05, 0.1) is 0 Å². The quantitative estimate of drug-likeness (QED) is 0.834. The lowest BCUT2D eigenvalue weighted by Gasteiger charge is -2.32. The van der Waals surface area contributed by atoms with E-state index in [0.29, 0.717) is 11.5 Å². The first-order chi connectivity index (χ1) is 9.11. The Balaban J connectivity index is 2.01. The molecular formula is C17H26FN. The summed E-state index contributed by atoms with van der Waals surface area (Å²) < 4.78 is 13.9. The molecule has 0 saturated heterocycles. The second kappa shape index (κ2) is 6.51. The number of halogens is 1. The lowest BCUT2D eigenvalue weighted by atomic mass is 9.75. The van der Waals surface area contributed by atoms with Gasteiger partial charge in [-0.15, -0.1) is 0 Å². The van der Waals surface area contributed by atoms with Crippen molar-refractivity contribution in [1.82, 2.24) is 0 Å². The van der Waals surface area contributed by atoms with E-state index in [9.17, 15) is 4.39 Å². The van der Waals surface area contributed by atoms with Gasteiger partial charge in [-0.3, -0.25) is 0 Å². The fraction of sp³-hybridized carbons (Fsp3) is 0.647. The largest absolute Gasteiger partial charge is 0.324 e. The van der Waals surface area contributed by atoms with E-state index in [1.54, 1.807) is 6.07 Å². The summed E-state index contributed by atoms with van der Waals surface area (Å²) in [6, 6.07) is 5.14. The highest BCUT2D eigenvalue weighted by atomic mass is 19.1. The van der Waals surface area contributed by atoms with Crippen molar-refractivity contribution in [2.75, 3.05) is 0 Å². The van der Waals surface area contributed by atoms with E-state index in [0.717, 1.165) is 24.3 Å². The highest BCUT2D eigenvalue weighted by molar-refractivity contribution is 5.27. The molecule has 0 aliphatic heterocycles. The van der Waals surface area contributed by atoms with E-state index < -0.39 is 0 Å². The lowest BCUT2D eigenvalue weighted by molar-refractivity contribution is 0.232. The van der Waals surface area contributed by atoms with Crippen molar-refractivity contribution in [3.63, 3.8) is 0 Å². The third-order valence-corrected chi connectivity index (χ3v) is 4.61. The molecule has 2 N–H and O–H groups in total. The van der Waals surface area contributed by atoms with Crippen LogP contribution in [0.1, 0.15) is 62.6 Å². The molecule has 1 atom stereocenters. The molecule has 0 radical (unpaired) electrons. The van der Waals surface area contributed by atoms with Gasteiger partial charge in [0.15, 0.2) is 0 Å². The normalized spacial score (nSPS) is 25.3. The van der Waals surface area contributed by atoms with E-state index in [1.165, 1.54) is 25.7 Å². The van der Waals surface area contributed by atoms with Crippen molar-refractivity contribution in [1.29, 1.82) is 0 Å². The van der Waals surface area contributed by atoms with E-state index in [4.69, 9.17) is 5.73 Å². The van der Waals surface area contributed by atoms with Crippen molar-refractivity contribution in [3.8, 4) is 0 Å². The molecule has 0 heterocycles. The first-order valence-corrected chi connectivity index (χ1v) is 7.63. The second-order valence-electron chi connectivity index (χ2n) is 6.12. The fourth-order valence-corrected chi connectivity index (χ4v) is 3.42. The molecule has 1 aromatic carbocycles. The molecule has 1 aliphatic rings. The zero-order chi connectivity index (χ0) is 13.8. The summed E-state index contributed by atoms with van der Waals surface area (Å²) in [5.41, 5.74) is 8.12. The standard InChI is InChI=1S/C17H26FN/c1-3-4-13-6-8-14(9-7-13)17(19)15-11-12(2)5-10-16(15)18/h5,10-11,13-14,17H,3-4,6-9,19H2,1-2H3. The van der Waals surface area contributed by atoms with Crippen LogP contribution in [0.5, 0.6) is 0 Å². The summed E-state index contributed by atoms with van der Waals surface area (Å²) in [7, 11) is 0. The summed E-state index contributed by atoms with van der Waals surface area (Å²) in [6.07, 6.45) is 7.44. The third-order valence-electron chi connectivity index (χ3n) is 4.61. The molecule has 1 aromatic rings. The highest BCUT2D eigenvalue weighted by Crippen LogP contribution is 2.37. The number of hydrogen-bond donors (Lipinski definition) is 1. The molecule has 1 aliphatic carbocycles. The number of hydrogen-bond acceptors (Lipinski definition) is 1. The molecule has 106 valence electrons. The van der Waals surface area contributed by atoms with Gasteiger partial charge in [0.2, 0.25) is 0 Å². The Morgan fingerprint density at radius 2 is 1.95 bits per heavy atom. The van der Waals surface area contributed by atoms with Gasteiger partial charge in [0, 0.05) is 11.6 Å². The molecule has 1 nitrogen and oxygen atoms in total. The van der Waals surface area contributed by atoms with Gasteiger partial charge in [-0.1, -0.05) is 50.3 Å². The first kappa shape index (κ1) is 14.5. The van der Waals surface area contributed by atoms with Crippen molar-refractivity contribution in [2.45, 2.75) is 58.4 Å². The van der Waals surface area contributed by atoms with Gasteiger partial charge < -0.3 is 5.73 Å². The van der Waals surface area contributed by atoms with Crippen molar-refractivity contribution in [3.05, 3.63) is 35.1 Å². The van der Waals surface area contributed by atoms with Crippen LogP contribution in [0.25, 0.3) is 0 Å². The van der Waals surface area contributed by atoms with Crippen LogP contribution in [0.4, 0.5) is 4.39 Å². The monoisotopic (exact) mass is 263 g/mol. The predicted molar refractivity (Wildman–Crippen MR) is 78.4 cm³/mol. The number of aryl methyl sites for hydroxylation is 1. The topological polar surface area (TPSA) is 26.0 Å². The minimum Gasteiger partial charge on any atom is -0.324 e. The molecule has 0 aromatic heterocycles. The van der Waals surface area contributed by atoms with Crippen LogP contribution in [0, 0.1) is 24.6 Å². The van der Waals surface area contributed by atoms with Crippen molar-refractivity contribution in [2.24, 2.45) is 17.6 Å². The molecule has 0 spiro atoms. The van der Waals surface area contributed by atoms with Crippen molar-refractivity contribution < 1.29 is 4.39 Å². The van der Waals surface area contributed by atoms with Crippen LogP contribution in [-0.4, -0.2) is 0 Å². The maximum absolute atomic E-state index is 13.9. The molecule has 2 rings (SSSR count). The van der Waals surface area contributed by atoms with Crippen LogP contribution >= 0.6 is 0 Å². The van der Waals surface area contributed by atoms with E-state index >= 15 is 0 Å². The Morgan fingerprint density at radius 1 is 1.26 bits per heavy atom. The minimum atomic E-state index is -0.145. The van der Waals surface area contributed by atoms with Crippen LogP contribution in [-0.2, 0) is 0 Å². The van der Waals surface area contributed by atoms with Crippen LogP contribution in [0.15, 0.2) is 18.2 Å². The van der Waals surface area contributed by atoms with Crippen LogP contribution in [0.3, 0.4) is 0 Å². The molecule has 1 fully saturated rings. The third kappa shape index (κ3) is 3.56. The first-order valence-electron chi connectivity index (χ1n) is 7.63. The van der Waals surface area contributed by atoms with E-state index in [2.05, 4.69) is 6.92 Å². The Kier molecular flexibility index (Phi) is 4.98. The second-order valence-corrected chi connectivity index (χ2v) is 6.12.